The molecule has 16 heavy (non-hydrogen) atoms. The van der Waals surface area contributed by atoms with Crippen molar-refractivity contribution in [2.24, 2.45) is 0 Å². The van der Waals surface area contributed by atoms with Crippen LogP contribution in [0.1, 0.15) is 6.92 Å². The summed E-state index contributed by atoms with van der Waals surface area (Å²) in [6, 6.07) is 2.08. The molecule has 2 aromatic heterocycles. The number of anilines is 1. The number of rotatable bonds is 4. The topological polar surface area (TPSA) is 55.6 Å². The summed E-state index contributed by atoms with van der Waals surface area (Å²) in [4.78, 5) is 7.89. The highest BCUT2D eigenvalue weighted by atomic mass is 35.5. The summed E-state index contributed by atoms with van der Waals surface area (Å²) >= 11 is 5.94. The second-order valence-corrected chi connectivity index (χ2v) is 3.90. The van der Waals surface area contributed by atoms with Crippen molar-refractivity contribution in [1.82, 2.24) is 19.7 Å². The van der Waals surface area contributed by atoms with Crippen molar-refractivity contribution in [2.75, 3.05) is 5.32 Å². The van der Waals surface area contributed by atoms with Crippen molar-refractivity contribution in [2.45, 2.75) is 19.5 Å². The van der Waals surface area contributed by atoms with Crippen molar-refractivity contribution >= 4 is 17.4 Å². The molecule has 1 atom stereocenters. The van der Waals surface area contributed by atoms with Crippen LogP contribution in [-0.4, -0.2) is 25.8 Å². The van der Waals surface area contributed by atoms with Crippen LogP contribution in [0, 0.1) is 0 Å². The molecule has 0 aliphatic carbocycles. The molecule has 84 valence electrons. The number of hydrogen-bond donors (Lipinski definition) is 1. The molecule has 1 N–H and O–H groups in total. The van der Waals surface area contributed by atoms with Gasteiger partial charge in [0.1, 0.15) is 17.2 Å². The minimum atomic E-state index is 0.187. The van der Waals surface area contributed by atoms with Crippen LogP contribution in [0.2, 0.25) is 5.02 Å². The first kappa shape index (κ1) is 10.9. The average molecular weight is 238 g/mol. The molecular formula is C10H12ClN5. The number of aromatic nitrogens is 4. The first-order valence-corrected chi connectivity index (χ1v) is 5.33. The van der Waals surface area contributed by atoms with Gasteiger partial charge in [0.15, 0.2) is 0 Å². The Hall–Kier alpha value is -1.62. The maximum Gasteiger partial charge on any atom is 0.148 e. The predicted molar refractivity (Wildman–Crippen MR) is 62.4 cm³/mol. The highest BCUT2D eigenvalue weighted by molar-refractivity contribution is 6.32. The lowest BCUT2D eigenvalue weighted by molar-refractivity contribution is 0.559. The summed E-state index contributed by atoms with van der Waals surface area (Å²) in [6.07, 6.45) is 6.70. The molecule has 2 rings (SSSR count). The molecule has 2 aromatic rings. The molecular weight excluding hydrogens is 226 g/mol. The van der Waals surface area contributed by atoms with Gasteiger partial charge >= 0.3 is 0 Å². The number of nitrogens with one attached hydrogen (secondary N) is 1. The molecule has 0 bridgehead atoms. The third kappa shape index (κ3) is 2.70. The van der Waals surface area contributed by atoms with Crippen molar-refractivity contribution in [3.05, 3.63) is 36.0 Å². The van der Waals surface area contributed by atoms with Crippen LogP contribution in [0.25, 0.3) is 0 Å². The van der Waals surface area contributed by atoms with E-state index >= 15 is 0 Å². The molecule has 0 aliphatic rings. The highest BCUT2D eigenvalue weighted by Gasteiger charge is 2.06. The largest absolute Gasteiger partial charge is 0.364 e. The van der Waals surface area contributed by atoms with Gasteiger partial charge in [0.05, 0.1) is 12.7 Å². The molecule has 1 unspecified atom stereocenters. The predicted octanol–water partition coefficient (Wildman–Crippen LogP) is 1.83. The average Bonchev–Trinajstić information content (AvgIpc) is 2.74. The van der Waals surface area contributed by atoms with Crippen molar-refractivity contribution in [1.29, 1.82) is 0 Å². The second-order valence-electron chi connectivity index (χ2n) is 3.49. The minimum absolute atomic E-state index is 0.187. The molecule has 0 saturated heterocycles. The number of hydrogen-bond acceptors (Lipinski definition) is 4. The van der Waals surface area contributed by atoms with Gasteiger partial charge in [-0.15, -0.1) is 0 Å². The van der Waals surface area contributed by atoms with Crippen LogP contribution in [0.5, 0.6) is 0 Å². The Kier molecular flexibility index (Phi) is 3.36. The fraction of sp³-hybridized carbons (Fsp3) is 0.300. The van der Waals surface area contributed by atoms with E-state index in [0.29, 0.717) is 10.8 Å². The van der Waals surface area contributed by atoms with E-state index in [-0.39, 0.29) is 6.04 Å². The first-order chi connectivity index (χ1) is 7.75. The van der Waals surface area contributed by atoms with E-state index in [0.717, 1.165) is 6.54 Å². The molecule has 5 nitrogen and oxygen atoms in total. The Morgan fingerprint density at radius 3 is 3.12 bits per heavy atom. The van der Waals surface area contributed by atoms with Crippen LogP contribution in [0.4, 0.5) is 5.82 Å². The van der Waals surface area contributed by atoms with Crippen molar-refractivity contribution < 1.29 is 0 Å². The Bertz CT molecular complexity index is 442. The van der Waals surface area contributed by atoms with Gasteiger partial charge in [0.2, 0.25) is 0 Å². The van der Waals surface area contributed by atoms with E-state index in [4.69, 9.17) is 11.6 Å². The Labute approximate surface area is 98.5 Å². The van der Waals surface area contributed by atoms with Gasteiger partial charge in [0, 0.05) is 18.4 Å². The Balaban J connectivity index is 1.97. The van der Waals surface area contributed by atoms with E-state index in [1.54, 1.807) is 12.4 Å². The molecule has 0 saturated carbocycles. The van der Waals surface area contributed by atoms with Crippen LogP contribution in [-0.2, 0) is 6.54 Å². The second kappa shape index (κ2) is 4.94. The minimum Gasteiger partial charge on any atom is -0.364 e. The van der Waals surface area contributed by atoms with E-state index < -0.39 is 0 Å². The maximum atomic E-state index is 5.94. The van der Waals surface area contributed by atoms with Gasteiger partial charge in [-0.1, -0.05) is 11.6 Å². The van der Waals surface area contributed by atoms with Gasteiger partial charge in [-0.3, -0.25) is 4.68 Å². The van der Waals surface area contributed by atoms with E-state index in [9.17, 15) is 0 Å². The zero-order valence-corrected chi connectivity index (χ0v) is 9.59. The smallest absolute Gasteiger partial charge is 0.148 e. The molecule has 0 aromatic carbocycles. The summed E-state index contributed by atoms with van der Waals surface area (Å²) in [5, 5.41) is 7.86. The standard InChI is InChI=1S/C10H12ClN5/c1-8(6-16-4-2-3-14-16)15-10-9(11)5-12-7-13-10/h2-5,7-8H,6H2,1H3,(H,12,13,15). The zero-order chi connectivity index (χ0) is 11.4. The van der Waals surface area contributed by atoms with Gasteiger partial charge in [0.25, 0.3) is 0 Å². The van der Waals surface area contributed by atoms with Gasteiger partial charge in [-0.25, -0.2) is 9.97 Å². The lowest BCUT2D eigenvalue weighted by Gasteiger charge is -2.14. The molecule has 0 fully saturated rings. The van der Waals surface area contributed by atoms with Gasteiger partial charge in [-0.2, -0.15) is 5.10 Å². The molecule has 6 heteroatoms. The quantitative estimate of drug-likeness (QED) is 0.882. The van der Waals surface area contributed by atoms with Crippen molar-refractivity contribution in [3.8, 4) is 0 Å². The third-order valence-electron chi connectivity index (χ3n) is 2.07. The monoisotopic (exact) mass is 237 g/mol. The normalized spacial score (nSPS) is 12.4. The summed E-state index contributed by atoms with van der Waals surface area (Å²) < 4.78 is 1.85. The maximum absolute atomic E-state index is 5.94. The Morgan fingerprint density at radius 2 is 2.44 bits per heavy atom. The summed E-state index contributed by atoms with van der Waals surface area (Å²) in [5.74, 6) is 0.649. The van der Waals surface area contributed by atoms with E-state index in [1.165, 1.54) is 6.33 Å². The summed E-state index contributed by atoms with van der Waals surface area (Å²) in [6.45, 7) is 2.80. The highest BCUT2D eigenvalue weighted by Crippen LogP contribution is 2.17. The van der Waals surface area contributed by atoms with Gasteiger partial charge in [-0.05, 0) is 13.0 Å². The van der Waals surface area contributed by atoms with Crippen LogP contribution in [0.15, 0.2) is 31.0 Å². The fourth-order valence-electron chi connectivity index (χ4n) is 1.39. The summed E-state index contributed by atoms with van der Waals surface area (Å²) in [5.41, 5.74) is 0. The lowest BCUT2D eigenvalue weighted by Crippen LogP contribution is -2.23. The van der Waals surface area contributed by atoms with Crippen LogP contribution >= 0.6 is 11.6 Å². The molecule has 0 radical (unpaired) electrons. The SMILES string of the molecule is CC(Cn1cccn1)Nc1ncncc1Cl. The van der Waals surface area contributed by atoms with Crippen LogP contribution < -0.4 is 5.32 Å². The van der Waals surface area contributed by atoms with Crippen molar-refractivity contribution in [3.63, 3.8) is 0 Å². The first-order valence-electron chi connectivity index (χ1n) is 4.95. The molecule has 0 spiro atoms. The lowest BCUT2D eigenvalue weighted by atomic mass is 10.3. The number of halogens is 1. The van der Waals surface area contributed by atoms with E-state index in [2.05, 4.69) is 20.4 Å². The van der Waals surface area contributed by atoms with Gasteiger partial charge < -0.3 is 5.32 Å². The van der Waals surface area contributed by atoms with Crippen LogP contribution in [0.3, 0.4) is 0 Å². The number of nitrogens with zero attached hydrogens (tertiary/aromatic N) is 4. The molecule has 0 amide bonds. The summed E-state index contributed by atoms with van der Waals surface area (Å²) in [7, 11) is 0. The fourth-order valence-corrected chi connectivity index (χ4v) is 1.55. The third-order valence-corrected chi connectivity index (χ3v) is 2.35. The zero-order valence-electron chi connectivity index (χ0n) is 8.84. The molecule has 0 aliphatic heterocycles. The Morgan fingerprint density at radius 1 is 1.56 bits per heavy atom. The van der Waals surface area contributed by atoms with E-state index in [1.807, 2.05) is 23.9 Å². The molecule has 2 heterocycles.